The predicted octanol–water partition coefficient (Wildman–Crippen LogP) is 4.63. The van der Waals surface area contributed by atoms with E-state index in [-0.39, 0.29) is 23.3 Å². The Morgan fingerprint density at radius 2 is 1.90 bits per heavy atom. The molecule has 1 heterocycles. The van der Waals surface area contributed by atoms with E-state index in [0.717, 1.165) is 29.0 Å². The van der Waals surface area contributed by atoms with Crippen molar-refractivity contribution in [1.29, 1.82) is 0 Å². The van der Waals surface area contributed by atoms with Crippen LogP contribution >= 0.6 is 0 Å². The number of amides is 2. The molecule has 2 aromatic rings. The third-order valence-electron chi connectivity index (χ3n) is 5.09. The van der Waals surface area contributed by atoms with Crippen molar-refractivity contribution < 1.29 is 14.3 Å². The van der Waals surface area contributed by atoms with E-state index in [0.29, 0.717) is 25.9 Å². The Kier molecular flexibility index (Phi) is 6.57. The second kappa shape index (κ2) is 9.12. The third kappa shape index (κ3) is 5.83. The van der Waals surface area contributed by atoms with Crippen molar-refractivity contribution in [3.8, 4) is 5.75 Å². The van der Waals surface area contributed by atoms with Crippen LogP contribution in [0.15, 0.2) is 48.5 Å². The molecular weight excluding hydrogens is 364 g/mol. The maximum Gasteiger partial charge on any atom is 0.224 e. The number of hydrogen-bond acceptors (Lipinski definition) is 3. The second-order valence-electron chi connectivity index (χ2n) is 8.60. The summed E-state index contributed by atoms with van der Waals surface area (Å²) in [6.07, 6.45) is 2.30. The van der Waals surface area contributed by atoms with Gasteiger partial charge in [-0.1, -0.05) is 51.1 Å². The molecule has 0 aliphatic carbocycles. The highest BCUT2D eigenvalue weighted by Gasteiger charge is 2.27. The molecule has 5 nitrogen and oxygen atoms in total. The number of rotatable bonds is 7. The lowest BCUT2D eigenvalue weighted by Gasteiger charge is -2.32. The average molecular weight is 395 g/mol. The van der Waals surface area contributed by atoms with Crippen molar-refractivity contribution in [2.75, 3.05) is 11.9 Å². The fourth-order valence-corrected chi connectivity index (χ4v) is 3.55. The molecule has 29 heavy (non-hydrogen) atoms. The summed E-state index contributed by atoms with van der Waals surface area (Å²) in [6, 6.07) is 15.8. The number of fused-ring (bicyclic) bond motifs is 1. The molecule has 1 unspecified atom stereocenters. The number of carbonyl (C=O) groups is 2. The van der Waals surface area contributed by atoms with Crippen molar-refractivity contribution in [3.05, 3.63) is 59.7 Å². The first-order chi connectivity index (χ1) is 13.8. The highest BCUT2D eigenvalue weighted by molar-refractivity contribution is 5.94. The largest absolute Gasteiger partial charge is 0.494 e. The van der Waals surface area contributed by atoms with Crippen molar-refractivity contribution >= 4 is 17.5 Å². The normalized spacial score (nSPS) is 14.5. The van der Waals surface area contributed by atoms with Gasteiger partial charge in [0.2, 0.25) is 11.8 Å². The van der Waals surface area contributed by atoms with Gasteiger partial charge in [0.15, 0.2) is 0 Å². The van der Waals surface area contributed by atoms with Crippen LogP contribution in [-0.2, 0) is 16.0 Å². The Balaban J connectivity index is 1.48. The number of nitrogens with one attached hydrogen (secondary N) is 2. The summed E-state index contributed by atoms with van der Waals surface area (Å²) in [5.74, 6) is 0.865. The molecular formula is C24H30N2O3. The third-order valence-corrected chi connectivity index (χ3v) is 5.09. The van der Waals surface area contributed by atoms with Gasteiger partial charge in [-0.05, 0) is 47.6 Å². The molecule has 0 bridgehead atoms. The van der Waals surface area contributed by atoms with Gasteiger partial charge in [0.1, 0.15) is 5.75 Å². The molecule has 2 aromatic carbocycles. The van der Waals surface area contributed by atoms with Crippen LogP contribution in [0.2, 0.25) is 0 Å². The molecule has 1 atom stereocenters. The SMILES string of the molecule is CC(C)(C)C(NC(=O)CCCOc1ccc2c(c1)CCC(=O)N2)c1ccccc1. The number of benzene rings is 2. The number of aryl methyl sites for hydroxylation is 1. The minimum atomic E-state index is -0.0773. The molecule has 0 saturated heterocycles. The van der Waals surface area contributed by atoms with Gasteiger partial charge in [0, 0.05) is 18.5 Å². The van der Waals surface area contributed by atoms with Crippen LogP contribution in [-0.4, -0.2) is 18.4 Å². The lowest BCUT2D eigenvalue weighted by atomic mass is 9.82. The van der Waals surface area contributed by atoms with Crippen molar-refractivity contribution in [2.45, 2.75) is 52.5 Å². The monoisotopic (exact) mass is 394 g/mol. The van der Waals surface area contributed by atoms with Crippen LogP contribution in [0, 0.1) is 5.41 Å². The lowest BCUT2D eigenvalue weighted by molar-refractivity contribution is -0.123. The number of carbonyl (C=O) groups excluding carboxylic acids is 2. The summed E-state index contributed by atoms with van der Waals surface area (Å²) >= 11 is 0. The van der Waals surface area contributed by atoms with Crippen LogP contribution in [0.1, 0.15) is 57.2 Å². The van der Waals surface area contributed by atoms with E-state index < -0.39 is 0 Å². The molecule has 0 radical (unpaired) electrons. The molecule has 1 aliphatic rings. The number of hydrogen-bond donors (Lipinski definition) is 2. The van der Waals surface area contributed by atoms with Gasteiger partial charge in [0.05, 0.1) is 12.6 Å². The average Bonchev–Trinajstić information content (AvgIpc) is 2.69. The van der Waals surface area contributed by atoms with Gasteiger partial charge in [-0.25, -0.2) is 0 Å². The summed E-state index contributed by atoms with van der Waals surface area (Å²) in [6.45, 7) is 6.87. The van der Waals surface area contributed by atoms with E-state index in [2.05, 4.69) is 43.5 Å². The first kappa shape index (κ1) is 20.9. The fourth-order valence-electron chi connectivity index (χ4n) is 3.55. The number of ether oxygens (including phenoxy) is 1. The molecule has 5 heteroatoms. The van der Waals surface area contributed by atoms with Crippen molar-refractivity contribution in [1.82, 2.24) is 5.32 Å². The standard InChI is InChI=1S/C24H30N2O3/c1-24(2,3)23(17-8-5-4-6-9-17)26-21(27)10-7-15-29-19-12-13-20-18(16-19)11-14-22(28)25-20/h4-6,8-9,12-13,16,23H,7,10-11,14-15H2,1-3H3,(H,25,28)(H,26,27). The van der Waals surface area contributed by atoms with Crippen LogP contribution in [0.4, 0.5) is 5.69 Å². The first-order valence-corrected chi connectivity index (χ1v) is 10.2. The molecule has 154 valence electrons. The van der Waals surface area contributed by atoms with E-state index in [1.165, 1.54) is 0 Å². The topological polar surface area (TPSA) is 67.4 Å². The van der Waals surface area contributed by atoms with E-state index in [4.69, 9.17) is 4.74 Å². The van der Waals surface area contributed by atoms with Gasteiger partial charge < -0.3 is 15.4 Å². The zero-order valence-corrected chi connectivity index (χ0v) is 17.5. The Morgan fingerprint density at radius 1 is 1.14 bits per heavy atom. The second-order valence-corrected chi connectivity index (χ2v) is 8.60. The van der Waals surface area contributed by atoms with Crippen molar-refractivity contribution in [2.24, 2.45) is 5.41 Å². The summed E-state index contributed by atoms with van der Waals surface area (Å²) in [5.41, 5.74) is 3.00. The van der Waals surface area contributed by atoms with Crippen LogP contribution in [0.5, 0.6) is 5.75 Å². The predicted molar refractivity (Wildman–Crippen MR) is 115 cm³/mol. The quantitative estimate of drug-likeness (QED) is 0.673. The van der Waals surface area contributed by atoms with E-state index >= 15 is 0 Å². The molecule has 2 N–H and O–H groups in total. The van der Waals surface area contributed by atoms with Gasteiger partial charge in [-0.15, -0.1) is 0 Å². The molecule has 0 fully saturated rings. The highest BCUT2D eigenvalue weighted by atomic mass is 16.5. The van der Waals surface area contributed by atoms with E-state index in [1.54, 1.807) is 0 Å². The zero-order valence-electron chi connectivity index (χ0n) is 17.5. The molecule has 2 amide bonds. The maximum atomic E-state index is 12.5. The maximum absolute atomic E-state index is 12.5. The summed E-state index contributed by atoms with van der Waals surface area (Å²) in [5, 5.41) is 6.05. The Hall–Kier alpha value is -2.82. The van der Waals surface area contributed by atoms with Gasteiger partial charge in [-0.2, -0.15) is 0 Å². The molecule has 0 aromatic heterocycles. The van der Waals surface area contributed by atoms with Gasteiger partial charge >= 0.3 is 0 Å². The minimum absolute atomic E-state index is 0.0329. The van der Waals surface area contributed by atoms with Crippen LogP contribution < -0.4 is 15.4 Å². The zero-order chi connectivity index (χ0) is 20.9. The van der Waals surface area contributed by atoms with E-state index in [1.807, 2.05) is 36.4 Å². The summed E-state index contributed by atoms with van der Waals surface area (Å²) < 4.78 is 5.81. The van der Waals surface area contributed by atoms with Crippen LogP contribution in [0.3, 0.4) is 0 Å². The lowest BCUT2D eigenvalue weighted by Crippen LogP contribution is -2.36. The fraction of sp³-hybridized carbons (Fsp3) is 0.417. The molecule has 1 aliphatic heterocycles. The van der Waals surface area contributed by atoms with Gasteiger partial charge in [-0.3, -0.25) is 9.59 Å². The van der Waals surface area contributed by atoms with E-state index in [9.17, 15) is 9.59 Å². The Morgan fingerprint density at radius 3 is 2.62 bits per heavy atom. The molecule has 0 spiro atoms. The van der Waals surface area contributed by atoms with Gasteiger partial charge in [0.25, 0.3) is 0 Å². The Labute approximate surface area is 172 Å². The Bertz CT molecular complexity index is 856. The summed E-state index contributed by atoms with van der Waals surface area (Å²) in [4.78, 5) is 23.9. The smallest absolute Gasteiger partial charge is 0.224 e. The number of anilines is 1. The molecule has 0 saturated carbocycles. The van der Waals surface area contributed by atoms with Crippen LogP contribution in [0.25, 0.3) is 0 Å². The molecule has 3 rings (SSSR count). The minimum Gasteiger partial charge on any atom is -0.494 e. The first-order valence-electron chi connectivity index (χ1n) is 10.2. The van der Waals surface area contributed by atoms with Crippen molar-refractivity contribution in [3.63, 3.8) is 0 Å². The highest BCUT2D eigenvalue weighted by Crippen LogP contribution is 2.32. The summed E-state index contributed by atoms with van der Waals surface area (Å²) in [7, 11) is 0.